The fraction of sp³-hybridized carbons (Fsp3) is 0.421. The van der Waals surface area contributed by atoms with Crippen molar-refractivity contribution >= 4 is 34.1 Å². The smallest absolute Gasteiger partial charge is 0.325 e. The van der Waals surface area contributed by atoms with Gasteiger partial charge in [0.1, 0.15) is 0 Å². The number of aryl methyl sites for hydroxylation is 1. The van der Waals surface area contributed by atoms with Crippen LogP contribution >= 0.6 is 11.3 Å². The molecule has 0 bridgehead atoms. The number of urea groups is 1. The molecular weight excluding hydrogens is 378 g/mol. The first-order valence-electron chi connectivity index (χ1n) is 9.33. The van der Waals surface area contributed by atoms with Gasteiger partial charge < -0.3 is 15.4 Å². The van der Waals surface area contributed by atoms with Crippen molar-refractivity contribution in [2.75, 3.05) is 50.0 Å². The van der Waals surface area contributed by atoms with Crippen molar-refractivity contribution in [1.82, 2.24) is 15.2 Å². The van der Waals surface area contributed by atoms with Gasteiger partial charge in [0.05, 0.1) is 18.9 Å². The Bertz CT molecular complexity index is 762. The van der Waals surface area contributed by atoms with E-state index in [1.807, 2.05) is 35.7 Å². The molecule has 1 aromatic carbocycles. The molecular formula is C19H25N5O3S. The van der Waals surface area contributed by atoms with Crippen molar-refractivity contribution in [2.24, 2.45) is 0 Å². The lowest BCUT2D eigenvalue weighted by Gasteiger charge is -2.26. The number of thiazole rings is 1. The van der Waals surface area contributed by atoms with E-state index in [-0.39, 0.29) is 11.9 Å². The van der Waals surface area contributed by atoms with Gasteiger partial charge in [0.25, 0.3) is 0 Å². The largest absolute Gasteiger partial charge is 0.379 e. The zero-order chi connectivity index (χ0) is 19.6. The van der Waals surface area contributed by atoms with Gasteiger partial charge in [-0.15, -0.1) is 11.3 Å². The molecule has 1 saturated heterocycles. The molecule has 0 spiro atoms. The van der Waals surface area contributed by atoms with E-state index in [9.17, 15) is 9.59 Å². The number of carbonyl (C=O) groups is 2. The van der Waals surface area contributed by atoms with E-state index in [0.29, 0.717) is 30.2 Å². The van der Waals surface area contributed by atoms with Crippen molar-refractivity contribution in [3.05, 3.63) is 41.4 Å². The molecule has 8 nitrogen and oxygen atoms in total. The lowest BCUT2D eigenvalue weighted by molar-refractivity contribution is -0.121. The lowest BCUT2D eigenvalue weighted by Crippen LogP contribution is -2.41. The van der Waals surface area contributed by atoms with Crippen molar-refractivity contribution < 1.29 is 14.3 Å². The molecule has 0 atom stereocenters. The number of amides is 3. The van der Waals surface area contributed by atoms with Crippen molar-refractivity contribution in [3.8, 4) is 0 Å². The highest BCUT2D eigenvalue weighted by atomic mass is 32.1. The van der Waals surface area contributed by atoms with E-state index in [1.54, 1.807) is 0 Å². The number of benzene rings is 1. The average Bonchev–Trinajstić information content (AvgIpc) is 3.15. The number of nitrogens with zero attached hydrogens (tertiary/aromatic N) is 2. The number of hydrogen-bond acceptors (Lipinski definition) is 6. The molecule has 1 aromatic heterocycles. The number of anilines is 2. The van der Waals surface area contributed by atoms with Gasteiger partial charge in [0.15, 0.2) is 5.13 Å². The number of aromatic nitrogens is 1. The predicted molar refractivity (Wildman–Crippen MR) is 110 cm³/mol. The lowest BCUT2D eigenvalue weighted by atomic mass is 10.2. The summed E-state index contributed by atoms with van der Waals surface area (Å²) in [6.07, 6.45) is 0.921. The topological polar surface area (TPSA) is 95.6 Å². The Morgan fingerprint density at radius 3 is 2.71 bits per heavy atom. The minimum atomic E-state index is -0.340. The maximum atomic E-state index is 12.0. The zero-order valence-corrected chi connectivity index (χ0v) is 16.5. The van der Waals surface area contributed by atoms with Crippen LogP contribution in [0.5, 0.6) is 0 Å². The van der Waals surface area contributed by atoms with E-state index in [4.69, 9.17) is 4.74 Å². The highest BCUT2D eigenvalue weighted by molar-refractivity contribution is 7.13. The summed E-state index contributed by atoms with van der Waals surface area (Å²) in [7, 11) is 0. The molecule has 9 heteroatoms. The van der Waals surface area contributed by atoms with E-state index in [1.165, 1.54) is 11.3 Å². The van der Waals surface area contributed by atoms with Crippen LogP contribution in [-0.4, -0.2) is 61.2 Å². The van der Waals surface area contributed by atoms with Gasteiger partial charge in [0, 0.05) is 43.7 Å². The summed E-state index contributed by atoms with van der Waals surface area (Å²) in [4.78, 5) is 30.6. The SMILES string of the molecule is O=C(CCc1csc(NC(=O)Nc2ccccc2)n1)NCCN1CCOCC1. The van der Waals surface area contributed by atoms with E-state index in [0.717, 1.165) is 38.5 Å². The number of nitrogens with one attached hydrogen (secondary N) is 3. The molecule has 2 heterocycles. The summed E-state index contributed by atoms with van der Waals surface area (Å²) in [5, 5.41) is 10.8. The van der Waals surface area contributed by atoms with Crippen LogP contribution < -0.4 is 16.0 Å². The number of para-hydroxylation sites is 1. The maximum Gasteiger partial charge on any atom is 0.325 e. The van der Waals surface area contributed by atoms with Crippen molar-refractivity contribution in [2.45, 2.75) is 12.8 Å². The molecule has 1 aliphatic rings. The zero-order valence-electron chi connectivity index (χ0n) is 15.6. The Morgan fingerprint density at radius 2 is 1.93 bits per heavy atom. The second-order valence-electron chi connectivity index (χ2n) is 6.39. The van der Waals surface area contributed by atoms with Gasteiger partial charge in [-0.25, -0.2) is 9.78 Å². The summed E-state index contributed by atoms with van der Waals surface area (Å²) >= 11 is 1.34. The van der Waals surface area contributed by atoms with Crippen LogP contribution in [-0.2, 0) is 16.0 Å². The van der Waals surface area contributed by atoms with Gasteiger partial charge in [0.2, 0.25) is 5.91 Å². The highest BCUT2D eigenvalue weighted by Gasteiger charge is 2.11. The minimum Gasteiger partial charge on any atom is -0.379 e. The standard InChI is InChI=1S/C19H25N5O3S/c25-17(20-8-9-24-10-12-27-13-11-24)7-6-16-14-28-19(22-16)23-18(26)21-15-4-2-1-3-5-15/h1-5,14H,6-13H2,(H,20,25)(H2,21,22,23,26). The Balaban J connectivity index is 1.33. The Labute approximate surface area is 168 Å². The van der Waals surface area contributed by atoms with Crippen LogP contribution in [0.2, 0.25) is 0 Å². The van der Waals surface area contributed by atoms with E-state index >= 15 is 0 Å². The molecule has 2 aromatic rings. The summed E-state index contributed by atoms with van der Waals surface area (Å²) in [5.41, 5.74) is 1.51. The third-order valence-corrected chi connectivity index (χ3v) is 5.07. The summed E-state index contributed by atoms with van der Waals surface area (Å²) < 4.78 is 5.31. The Morgan fingerprint density at radius 1 is 1.14 bits per heavy atom. The van der Waals surface area contributed by atoms with Crippen LogP contribution in [0.15, 0.2) is 35.7 Å². The molecule has 0 unspecified atom stereocenters. The molecule has 1 fully saturated rings. The highest BCUT2D eigenvalue weighted by Crippen LogP contribution is 2.17. The number of morpholine rings is 1. The molecule has 0 saturated carbocycles. The summed E-state index contributed by atoms with van der Waals surface area (Å²) in [6, 6.07) is 8.86. The molecule has 0 aliphatic carbocycles. The van der Waals surface area contributed by atoms with Gasteiger partial charge in [-0.2, -0.15) is 0 Å². The molecule has 0 radical (unpaired) electrons. The van der Waals surface area contributed by atoms with Gasteiger partial charge in [-0.1, -0.05) is 18.2 Å². The van der Waals surface area contributed by atoms with Crippen LogP contribution in [0, 0.1) is 0 Å². The van der Waals surface area contributed by atoms with Crippen molar-refractivity contribution in [1.29, 1.82) is 0 Å². The molecule has 1 aliphatic heterocycles. The van der Waals surface area contributed by atoms with Crippen LogP contribution in [0.3, 0.4) is 0 Å². The van der Waals surface area contributed by atoms with Gasteiger partial charge in [-0.05, 0) is 18.6 Å². The molecule has 3 N–H and O–H groups in total. The Hall–Kier alpha value is -2.49. The Kier molecular flexibility index (Phi) is 7.77. The second kappa shape index (κ2) is 10.7. The first-order chi connectivity index (χ1) is 13.7. The summed E-state index contributed by atoms with van der Waals surface area (Å²) in [6.45, 7) is 4.85. The minimum absolute atomic E-state index is 0.0117. The first kappa shape index (κ1) is 20.2. The molecule has 3 amide bonds. The third kappa shape index (κ3) is 6.91. The number of rotatable bonds is 8. The first-order valence-corrected chi connectivity index (χ1v) is 10.2. The second-order valence-corrected chi connectivity index (χ2v) is 7.25. The fourth-order valence-corrected chi connectivity index (χ4v) is 3.51. The third-order valence-electron chi connectivity index (χ3n) is 4.27. The molecule has 3 rings (SSSR count). The number of hydrogen-bond donors (Lipinski definition) is 3. The van der Waals surface area contributed by atoms with Gasteiger partial charge >= 0.3 is 6.03 Å². The number of carbonyl (C=O) groups excluding carboxylic acids is 2. The number of ether oxygens (including phenoxy) is 1. The fourth-order valence-electron chi connectivity index (χ4n) is 2.77. The van der Waals surface area contributed by atoms with Gasteiger partial charge in [-0.3, -0.25) is 15.0 Å². The predicted octanol–water partition coefficient (Wildman–Crippen LogP) is 2.17. The normalized spacial score (nSPS) is 14.4. The van der Waals surface area contributed by atoms with Crippen molar-refractivity contribution in [3.63, 3.8) is 0 Å². The maximum absolute atomic E-state index is 12.0. The quantitative estimate of drug-likeness (QED) is 0.628. The summed E-state index contributed by atoms with van der Waals surface area (Å²) in [5.74, 6) is 0.0117. The monoisotopic (exact) mass is 403 g/mol. The van der Waals surface area contributed by atoms with E-state index in [2.05, 4.69) is 25.8 Å². The van der Waals surface area contributed by atoms with Crippen LogP contribution in [0.4, 0.5) is 15.6 Å². The van der Waals surface area contributed by atoms with Crippen LogP contribution in [0.1, 0.15) is 12.1 Å². The van der Waals surface area contributed by atoms with E-state index < -0.39 is 0 Å². The average molecular weight is 404 g/mol. The van der Waals surface area contributed by atoms with Crippen LogP contribution in [0.25, 0.3) is 0 Å². The molecule has 150 valence electrons. The molecule has 28 heavy (non-hydrogen) atoms.